The van der Waals surface area contributed by atoms with Crippen LogP contribution in [0.15, 0.2) is 0 Å². The van der Waals surface area contributed by atoms with E-state index in [-0.39, 0.29) is 0 Å². The maximum Gasteiger partial charge on any atom is 0.252 e. The van der Waals surface area contributed by atoms with Crippen LogP contribution in [-0.2, 0) is 9.47 Å². The molecule has 24 heavy (non-hydrogen) atoms. The summed E-state index contributed by atoms with van der Waals surface area (Å²) in [5, 5.41) is 88.9. The first kappa shape index (κ1) is 19.8. The van der Waals surface area contributed by atoms with E-state index in [1.807, 2.05) is 0 Å². The van der Waals surface area contributed by atoms with Crippen molar-refractivity contribution in [2.75, 3.05) is 13.2 Å². The summed E-state index contributed by atoms with van der Waals surface area (Å²) < 4.78 is 9.89. The molecule has 12 heteroatoms. The van der Waals surface area contributed by atoms with Gasteiger partial charge in [0.25, 0.3) is 5.79 Å². The summed E-state index contributed by atoms with van der Waals surface area (Å²) in [6.07, 6.45) is -13.1. The van der Waals surface area contributed by atoms with Crippen LogP contribution in [0.2, 0.25) is 0 Å². The number of rotatable bonds is 3. The van der Waals surface area contributed by atoms with Crippen molar-refractivity contribution in [3.8, 4) is 0 Å². The zero-order chi connectivity index (χ0) is 18.4. The molecule has 0 aromatic heterocycles. The fourth-order valence-corrected chi connectivity index (χ4v) is 2.96. The second-order valence-electron chi connectivity index (χ2n) is 6.00. The fraction of sp³-hybridized carbons (Fsp3) is 1.00. The van der Waals surface area contributed by atoms with Crippen LogP contribution in [0.5, 0.6) is 0 Å². The number of hydrogen-bond donors (Lipinski definition) is 10. The third-order valence-corrected chi connectivity index (χ3v) is 4.54. The quantitative estimate of drug-likeness (QED) is 0.227. The van der Waals surface area contributed by atoms with Gasteiger partial charge in [0.05, 0.1) is 19.3 Å². The molecule has 10 atom stereocenters. The smallest absolute Gasteiger partial charge is 0.252 e. The van der Waals surface area contributed by atoms with Crippen LogP contribution in [0, 0.1) is 0 Å². The van der Waals surface area contributed by atoms with E-state index in [0.717, 1.165) is 0 Å². The lowest BCUT2D eigenvalue weighted by Gasteiger charge is -2.56. The molecule has 2 unspecified atom stereocenters. The van der Waals surface area contributed by atoms with Crippen LogP contribution in [0.25, 0.3) is 0 Å². The highest BCUT2D eigenvalue weighted by molar-refractivity contribution is 5.11. The van der Waals surface area contributed by atoms with Gasteiger partial charge in [-0.15, -0.1) is 0 Å². The van der Waals surface area contributed by atoms with Gasteiger partial charge in [0.1, 0.15) is 42.7 Å². The molecule has 2 saturated heterocycles. The molecule has 0 spiro atoms. The first-order valence-electron chi connectivity index (χ1n) is 7.23. The van der Waals surface area contributed by atoms with E-state index in [2.05, 4.69) is 0 Å². The molecule has 2 rings (SSSR count). The van der Waals surface area contributed by atoms with Crippen molar-refractivity contribution in [1.29, 1.82) is 0 Å². The molecule has 0 aromatic rings. The van der Waals surface area contributed by atoms with E-state index >= 15 is 0 Å². The van der Waals surface area contributed by atoms with Gasteiger partial charge in [-0.25, -0.2) is 0 Å². The Balaban J connectivity index is 2.45. The van der Waals surface area contributed by atoms with Crippen molar-refractivity contribution >= 4 is 0 Å². The van der Waals surface area contributed by atoms with Crippen LogP contribution >= 0.6 is 0 Å². The largest absolute Gasteiger partial charge is 0.394 e. The van der Waals surface area contributed by atoms with Gasteiger partial charge in [-0.2, -0.15) is 0 Å². The van der Waals surface area contributed by atoms with E-state index in [0.29, 0.717) is 0 Å². The van der Waals surface area contributed by atoms with Gasteiger partial charge in [0.15, 0.2) is 0 Å². The molecule has 0 radical (unpaired) electrons. The molecule has 0 bridgehead atoms. The number of aliphatic hydroxyl groups is 9. The summed E-state index contributed by atoms with van der Waals surface area (Å²) in [4.78, 5) is 0. The molecule has 12 nitrogen and oxygen atoms in total. The second-order valence-corrected chi connectivity index (χ2v) is 6.00. The molecule has 2 fully saturated rings. The summed E-state index contributed by atoms with van der Waals surface area (Å²) >= 11 is 0. The highest BCUT2D eigenvalue weighted by Crippen LogP contribution is 2.42. The first-order valence-corrected chi connectivity index (χ1v) is 7.23. The van der Waals surface area contributed by atoms with Crippen LogP contribution < -0.4 is 5.73 Å². The average molecular weight is 357 g/mol. The molecule has 11 N–H and O–H groups in total. The Morgan fingerprint density at radius 3 is 1.58 bits per heavy atom. The predicted octanol–water partition coefficient (Wildman–Crippen LogP) is -6.72. The Kier molecular flexibility index (Phi) is 5.52. The lowest BCUT2D eigenvalue weighted by Crippen LogP contribution is -2.82. The summed E-state index contributed by atoms with van der Waals surface area (Å²) in [7, 11) is 0. The van der Waals surface area contributed by atoms with E-state index in [1.165, 1.54) is 0 Å². The van der Waals surface area contributed by atoms with Gasteiger partial charge in [0, 0.05) is 0 Å². The average Bonchev–Trinajstić information content (AvgIpc) is 2.57. The van der Waals surface area contributed by atoms with Gasteiger partial charge < -0.3 is 61.2 Å². The molecular formula is C12H23NO11. The number of nitrogens with two attached hydrogens (primary N) is 1. The molecule has 0 saturated carbocycles. The van der Waals surface area contributed by atoms with E-state index in [9.17, 15) is 40.9 Å². The topological polar surface area (TPSA) is 227 Å². The summed E-state index contributed by atoms with van der Waals surface area (Å²) in [6.45, 7) is -1.80. The fourth-order valence-electron chi connectivity index (χ4n) is 2.96. The maximum atomic E-state index is 10.7. The molecule has 2 aliphatic heterocycles. The van der Waals surface area contributed by atoms with Crippen molar-refractivity contribution in [3.63, 3.8) is 0 Å². The van der Waals surface area contributed by atoms with E-state index in [4.69, 9.17) is 20.3 Å². The highest BCUT2D eigenvalue weighted by Gasteiger charge is 2.70. The standard InChI is InChI=1S/C12H23NO11/c13-9-7(18)5(16)3(1-14)23-11(9,21)12(22)10(20)8(19)6(17)4(2-15)24-12/h3-10,14-22H,1-2,13H2/t3-,4-,5-,6-,7+,8+,9-,10-,11?,12?/m1/s1. The van der Waals surface area contributed by atoms with Crippen molar-refractivity contribution in [2.45, 2.75) is 60.3 Å². The molecule has 0 aromatic carbocycles. The lowest BCUT2D eigenvalue weighted by atomic mass is 9.79. The number of hydrogen-bond acceptors (Lipinski definition) is 12. The monoisotopic (exact) mass is 357 g/mol. The van der Waals surface area contributed by atoms with Gasteiger partial charge in [0.2, 0.25) is 5.79 Å². The summed E-state index contributed by atoms with van der Waals surface area (Å²) in [5.41, 5.74) is 5.58. The van der Waals surface area contributed by atoms with E-state index in [1.54, 1.807) is 0 Å². The molecule has 2 aliphatic rings. The third kappa shape index (κ3) is 2.65. The van der Waals surface area contributed by atoms with Crippen molar-refractivity contribution in [1.82, 2.24) is 0 Å². The summed E-state index contributed by atoms with van der Waals surface area (Å²) in [5.74, 6) is -6.31. The van der Waals surface area contributed by atoms with Crippen molar-refractivity contribution < 1.29 is 55.4 Å². The summed E-state index contributed by atoms with van der Waals surface area (Å²) in [6, 6.07) is -1.95. The van der Waals surface area contributed by atoms with Gasteiger partial charge in [-0.3, -0.25) is 0 Å². The number of aliphatic hydroxyl groups excluding tert-OH is 7. The molecule has 0 aliphatic carbocycles. The van der Waals surface area contributed by atoms with Crippen molar-refractivity contribution in [2.24, 2.45) is 5.73 Å². The van der Waals surface area contributed by atoms with Gasteiger partial charge in [-0.1, -0.05) is 0 Å². The lowest BCUT2D eigenvalue weighted by molar-refractivity contribution is -0.476. The maximum absolute atomic E-state index is 10.7. The third-order valence-electron chi connectivity index (χ3n) is 4.54. The zero-order valence-corrected chi connectivity index (χ0v) is 12.5. The minimum Gasteiger partial charge on any atom is -0.394 e. The van der Waals surface area contributed by atoms with E-state index < -0.39 is 73.6 Å². The molecule has 2 heterocycles. The van der Waals surface area contributed by atoms with Gasteiger partial charge >= 0.3 is 0 Å². The van der Waals surface area contributed by atoms with Crippen molar-refractivity contribution in [3.05, 3.63) is 0 Å². The molecule has 0 amide bonds. The Morgan fingerprint density at radius 2 is 1.12 bits per heavy atom. The molecular weight excluding hydrogens is 334 g/mol. The molecule has 142 valence electrons. The second kappa shape index (κ2) is 6.68. The van der Waals surface area contributed by atoms with Crippen LogP contribution in [0.4, 0.5) is 0 Å². The SMILES string of the molecule is N[C@@H]1[C@@H](O)[C@H](O)[C@@H](CO)OC1(O)C1(O)O[C@H](CO)[C@@H](O)[C@H](O)[C@H]1O. The minimum absolute atomic E-state index is 0.895. The zero-order valence-electron chi connectivity index (χ0n) is 12.5. The Morgan fingerprint density at radius 1 is 0.708 bits per heavy atom. The first-order chi connectivity index (χ1) is 11.0. The predicted molar refractivity (Wildman–Crippen MR) is 71.8 cm³/mol. The Hall–Kier alpha value is -0.480. The van der Waals surface area contributed by atoms with Gasteiger partial charge in [-0.05, 0) is 0 Å². The Bertz CT molecular complexity index is 411. The highest BCUT2D eigenvalue weighted by atomic mass is 16.7. The number of ether oxygens (including phenoxy) is 2. The van der Waals surface area contributed by atoms with Crippen LogP contribution in [-0.4, -0.2) is 120 Å². The Labute approximate surface area is 135 Å². The minimum atomic E-state index is -3.20. The normalized spacial score (nSPS) is 56.2. The van der Waals surface area contributed by atoms with Crippen LogP contribution in [0.1, 0.15) is 0 Å². The van der Waals surface area contributed by atoms with Crippen LogP contribution in [0.3, 0.4) is 0 Å².